The van der Waals surface area contributed by atoms with Crippen molar-refractivity contribution in [1.82, 2.24) is 0 Å². The zero-order valence-corrected chi connectivity index (χ0v) is 30.6. The van der Waals surface area contributed by atoms with Gasteiger partial charge in [-0.15, -0.1) is 0 Å². The Labute approximate surface area is 330 Å². The summed E-state index contributed by atoms with van der Waals surface area (Å²) in [5.74, 6) is -1.74. The summed E-state index contributed by atoms with van der Waals surface area (Å²) >= 11 is 0. The predicted octanol–water partition coefficient (Wildman–Crippen LogP) is 8.62. The first-order chi connectivity index (χ1) is 25.2. The molecule has 0 spiro atoms. The van der Waals surface area contributed by atoms with Crippen molar-refractivity contribution in [2.75, 3.05) is 13.7 Å². The molecule has 2 aromatic carbocycles. The van der Waals surface area contributed by atoms with Crippen molar-refractivity contribution in [2.45, 2.75) is 63.8 Å². The SMILES string of the molecule is C.C.C.CC(=O)OC(/C=C/c1ccccc1)=C1/C(=O)C=C(C)C1=O.CCOC(/C=C/c1ccccc1)=C1/C(=O)C=C(C)C1=O.CO/C(C)=C1/C(=O)C=C(C)C1=O. The van der Waals surface area contributed by atoms with E-state index in [2.05, 4.69) is 0 Å². The third kappa shape index (κ3) is 13.1. The molecule has 296 valence electrons. The lowest BCUT2D eigenvalue weighted by Crippen LogP contribution is -2.10. The van der Waals surface area contributed by atoms with Crippen LogP contribution in [0.3, 0.4) is 0 Å². The van der Waals surface area contributed by atoms with Crippen molar-refractivity contribution < 1.29 is 47.8 Å². The second kappa shape index (κ2) is 23.3. The van der Waals surface area contributed by atoms with Gasteiger partial charge in [0.1, 0.15) is 34.0 Å². The van der Waals surface area contributed by atoms with Crippen LogP contribution in [0.4, 0.5) is 0 Å². The van der Waals surface area contributed by atoms with E-state index in [1.807, 2.05) is 73.7 Å². The van der Waals surface area contributed by atoms with Gasteiger partial charge in [-0.2, -0.15) is 0 Å². The van der Waals surface area contributed by atoms with Crippen molar-refractivity contribution in [3.05, 3.63) is 153 Å². The summed E-state index contributed by atoms with van der Waals surface area (Å²) in [6.45, 7) is 9.87. The number of carbonyl (C=O) groups excluding carboxylic acids is 7. The smallest absolute Gasteiger partial charge is 0.308 e. The fraction of sp³-hybridized carbons (Fsp3) is 0.239. The molecule has 0 bridgehead atoms. The lowest BCUT2D eigenvalue weighted by atomic mass is 10.1. The average molecular weight is 765 g/mol. The topological polar surface area (TPSA) is 147 Å². The van der Waals surface area contributed by atoms with Gasteiger partial charge in [0.05, 0.1) is 13.7 Å². The third-order valence-electron chi connectivity index (χ3n) is 7.70. The van der Waals surface area contributed by atoms with Gasteiger partial charge >= 0.3 is 5.97 Å². The van der Waals surface area contributed by atoms with E-state index in [-0.39, 0.29) is 67.9 Å². The van der Waals surface area contributed by atoms with Crippen LogP contribution in [0.5, 0.6) is 0 Å². The molecule has 3 aliphatic rings. The molecule has 56 heavy (non-hydrogen) atoms. The van der Waals surface area contributed by atoms with Crippen molar-refractivity contribution >= 4 is 52.8 Å². The lowest BCUT2D eigenvalue weighted by molar-refractivity contribution is -0.136. The number of carbonyl (C=O) groups is 7. The maximum atomic E-state index is 12.0. The number of esters is 1. The molecule has 0 radical (unpaired) electrons. The zero-order chi connectivity index (χ0) is 39.2. The molecule has 10 nitrogen and oxygen atoms in total. The van der Waals surface area contributed by atoms with E-state index in [1.54, 1.807) is 39.8 Å². The summed E-state index contributed by atoms with van der Waals surface area (Å²) in [5.41, 5.74) is 3.30. The molecule has 0 saturated carbocycles. The number of benzene rings is 2. The van der Waals surface area contributed by atoms with E-state index in [1.165, 1.54) is 38.3 Å². The summed E-state index contributed by atoms with van der Waals surface area (Å²) in [7, 11) is 1.44. The molecule has 5 rings (SSSR count). The normalized spacial score (nSPS) is 17.2. The van der Waals surface area contributed by atoms with Crippen LogP contribution < -0.4 is 0 Å². The Morgan fingerprint density at radius 1 is 0.571 bits per heavy atom. The van der Waals surface area contributed by atoms with Crippen molar-refractivity contribution in [3.8, 4) is 0 Å². The van der Waals surface area contributed by atoms with Gasteiger partial charge in [-0.1, -0.05) is 95.1 Å². The van der Waals surface area contributed by atoms with Gasteiger partial charge in [-0.3, -0.25) is 33.6 Å². The second-order valence-electron chi connectivity index (χ2n) is 11.7. The molecule has 3 aliphatic carbocycles. The fourth-order valence-electron chi connectivity index (χ4n) is 4.99. The molecule has 0 atom stereocenters. The lowest BCUT2D eigenvalue weighted by Gasteiger charge is -2.07. The van der Waals surface area contributed by atoms with Crippen molar-refractivity contribution in [2.24, 2.45) is 0 Å². The molecule has 10 heteroatoms. The first-order valence-corrected chi connectivity index (χ1v) is 16.5. The minimum absolute atomic E-state index is 0. The fourth-order valence-corrected chi connectivity index (χ4v) is 4.99. The molecule has 0 aliphatic heterocycles. The maximum Gasteiger partial charge on any atom is 0.308 e. The first kappa shape index (κ1) is 49.5. The Morgan fingerprint density at radius 3 is 1.25 bits per heavy atom. The third-order valence-corrected chi connectivity index (χ3v) is 7.70. The molecule has 0 amide bonds. The van der Waals surface area contributed by atoms with E-state index in [9.17, 15) is 33.6 Å². The second-order valence-corrected chi connectivity index (χ2v) is 11.7. The van der Waals surface area contributed by atoms with Crippen LogP contribution in [-0.2, 0) is 47.8 Å². The summed E-state index contributed by atoms with van der Waals surface area (Å²) in [6.07, 6.45) is 10.6. The van der Waals surface area contributed by atoms with Crippen LogP contribution in [-0.4, -0.2) is 54.4 Å². The Kier molecular flexibility index (Phi) is 20.6. The highest BCUT2D eigenvalue weighted by Gasteiger charge is 2.31. The quantitative estimate of drug-likeness (QED) is 0.111. The largest absolute Gasteiger partial charge is 0.500 e. The van der Waals surface area contributed by atoms with E-state index >= 15 is 0 Å². The van der Waals surface area contributed by atoms with Gasteiger partial charge in [0.15, 0.2) is 34.7 Å². The summed E-state index contributed by atoms with van der Waals surface area (Å²) in [6, 6.07) is 18.9. The predicted molar refractivity (Wildman–Crippen MR) is 220 cm³/mol. The van der Waals surface area contributed by atoms with Crippen LogP contribution in [0.1, 0.15) is 74.9 Å². The molecular weight excluding hydrogens is 712 g/mol. The van der Waals surface area contributed by atoms with E-state index < -0.39 is 17.5 Å². The van der Waals surface area contributed by atoms with Gasteiger partial charge in [-0.25, -0.2) is 0 Å². The number of Topliss-reactive ketones (excluding diaryl/α,β-unsaturated/α-hetero) is 3. The van der Waals surface area contributed by atoms with E-state index in [0.717, 1.165) is 11.1 Å². The Balaban J connectivity index is 0.000000817. The van der Waals surface area contributed by atoms with E-state index in [4.69, 9.17) is 14.2 Å². The van der Waals surface area contributed by atoms with Gasteiger partial charge in [0, 0.05) is 23.6 Å². The van der Waals surface area contributed by atoms with Crippen LogP contribution in [0, 0.1) is 0 Å². The van der Waals surface area contributed by atoms with Crippen LogP contribution in [0.15, 0.2) is 142 Å². The minimum atomic E-state index is -0.583. The van der Waals surface area contributed by atoms with Crippen LogP contribution >= 0.6 is 0 Å². The number of ketones is 6. The van der Waals surface area contributed by atoms with Gasteiger partial charge in [0.25, 0.3) is 0 Å². The Bertz CT molecular complexity index is 2080. The number of rotatable bonds is 8. The molecule has 0 heterocycles. The summed E-state index contributed by atoms with van der Waals surface area (Å²) in [4.78, 5) is 81.3. The number of allylic oxidation sites excluding steroid dienone is 12. The van der Waals surface area contributed by atoms with Crippen LogP contribution in [0.2, 0.25) is 0 Å². The molecular formula is C46H52O10. The van der Waals surface area contributed by atoms with Gasteiger partial charge in [0.2, 0.25) is 0 Å². The maximum absolute atomic E-state index is 12.0. The molecule has 0 aromatic heterocycles. The molecule has 0 unspecified atom stereocenters. The number of ether oxygens (including phenoxy) is 3. The summed E-state index contributed by atoms with van der Waals surface area (Å²) < 4.78 is 15.3. The highest BCUT2D eigenvalue weighted by Crippen LogP contribution is 2.24. The highest BCUT2D eigenvalue weighted by atomic mass is 16.5. The number of hydrogen-bond acceptors (Lipinski definition) is 10. The molecule has 2 aromatic rings. The van der Waals surface area contributed by atoms with Gasteiger partial charge in [-0.05, 0) is 76.1 Å². The molecule has 0 N–H and O–H groups in total. The van der Waals surface area contributed by atoms with Crippen molar-refractivity contribution in [3.63, 3.8) is 0 Å². The monoisotopic (exact) mass is 764 g/mol. The first-order valence-electron chi connectivity index (χ1n) is 16.5. The molecule has 0 fully saturated rings. The highest BCUT2D eigenvalue weighted by molar-refractivity contribution is 6.37. The minimum Gasteiger partial charge on any atom is -0.500 e. The van der Waals surface area contributed by atoms with E-state index in [0.29, 0.717) is 34.8 Å². The van der Waals surface area contributed by atoms with Gasteiger partial charge < -0.3 is 14.2 Å². The summed E-state index contributed by atoms with van der Waals surface area (Å²) in [5, 5.41) is 0. The van der Waals surface area contributed by atoms with Crippen LogP contribution in [0.25, 0.3) is 12.2 Å². The Morgan fingerprint density at radius 2 is 0.929 bits per heavy atom. The average Bonchev–Trinajstić information content (AvgIpc) is 3.66. The number of methoxy groups -OCH3 is 1. The van der Waals surface area contributed by atoms with Crippen molar-refractivity contribution in [1.29, 1.82) is 0 Å². The Hall–Kier alpha value is -6.55. The standard InChI is InChI=1S/C17H14O4.C17H16O3.C9H10O3.3CH4/c1-11-10-14(19)16(17(11)20)15(21-12(2)18)9-8-13-6-4-3-5-7-13;1-3-20-15(10-9-13-7-5-4-6-8-13)16-14(18)11-12(2)17(16)19;1-5-4-7(10)8(9(5)11)6(2)12-3;;;/h3-10H,1-2H3;4-11H,3H2,1-2H3;4H,1-3H3;3*1H4/b9-8+,16-15-;10-9+,16-15-;8-6-;;;. The molecule has 0 saturated heterocycles. The zero-order valence-electron chi connectivity index (χ0n) is 30.6. The number of hydrogen-bond donors (Lipinski definition) is 0.